The predicted molar refractivity (Wildman–Crippen MR) is 66.8 cm³/mol. The van der Waals surface area contributed by atoms with Gasteiger partial charge in [-0.2, -0.15) is 0 Å². The Hall–Kier alpha value is -0.900. The highest BCUT2D eigenvalue weighted by atomic mass is 16.4. The Morgan fingerprint density at radius 3 is 2.65 bits per heavy atom. The smallest absolute Gasteiger partial charge is 0.233 e. The zero-order valence-corrected chi connectivity index (χ0v) is 10.9. The van der Waals surface area contributed by atoms with Gasteiger partial charge in [-0.05, 0) is 25.8 Å². The molecule has 1 fully saturated rings. The minimum atomic E-state index is 0.213. The number of hydrogen-bond acceptors (Lipinski definition) is 4. The molecule has 0 aliphatic heterocycles. The summed E-state index contributed by atoms with van der Waals surface area (Å²) in [5.41, 5.74) is 0. The quantitative estimate of drug-likeness (QED) is 0.854. The molecule has 4 heteroatoms. The number of nitrogens with one attached hydrogen (secondary N) is 1. The molecule has 1 aromatic rings. The fraction of sp³-hybridized carbons (Fsp3) is 0.846. The van der Waals surface area contributed by atoms with Crippen LogP contribution in [0, 0.1) is 0 Å². The van der Waals surface area contributed by atoms with E-state index >= 15 is 0 Å². The second-order valence-corrected chi connectivity index (χ2v) is 4.83. The molecule has 1 N–H and O–H groups in total. The van der Waals surface area contributed by atoms with Crippen LogP contribution in [0.4, 0.5) is 0 Å². The first kappa shape index (κ1) is 12.6. The molecule has 1 aliphatic rings. The summed E-state index contributed by atoms with van der Waals surface area (Å²) >= 11 is 0. The molecular formula is C13H23N3O. The average Bonchev–Trinajstić information content (AvgIpc) is 2.86. The van der Waals surface area contributed by atoms with Gasteiger partial charge in [0.2, 0.25) is 11.8 Å². The predicted octanol–water partition coefficient (Wildman–Crippen LogP) is 3.18. The molecule has 1 unspecified atom stereocenters. The highest BCUT2D eigenvalue weighted by Gasteiger charge is 2.23. The van der Waals surface area contributed by atoms with Gasteiger partial charge in [-0.3, -0.25) is 0 Å². The molecule has 0 spiro atoms. The molecule has 96 valence electrons. The first-order valence-corrected chi connectivity index (χ1v) is 6.91. The minimum Gasteiger partial charge on any atom is -0.423 e. The summed E-state index contributed by atoms with van der Waals surface area (Å²) in [6, 6.07) is 0.213. The highest BCUT2D eigenvalue weighted by Crippen LogP contribution is 2.32. The largest absolute Gasteiger partial charge is 0.423 e. The molecule has 0 aromatic carbocycles. The topological polar surface area (TPSA) is 51.0 Å². The van der Waals surface area contributed by atoms with Crippen LogP contribution in [-0.2, 0) is 0 Å². The van der Waals surface area contributed by atoms with Crippen molar-refractivity contribution in [2.24, 2.45) is 0 Å². The van der Waals surface area contributed by atoms with Gasteiger partial charge in [0, 0.05) is 5.92 Å². The van der Waals surface area contributed by atoms with Crippen molar-refractivity contribution in [3.05, 3.63) is 11.8 Å². The summed E-state index contributed by atoms with van der Waals surface area (Å²) in [4.78, 5) is 0. The third-order valence-corrected chi connectivity index (χ3v) is 3.57. The van der Waals surface area contributed by atoms with Gasteiger partial charge in [-0.15, -0.1) is 10.2 Å². The standard InChI is InChI=1S/C13H23N3O/c1-3-11(14-4-2)13-16-15-12(17-13)10-8-6-5-7-9-10/h10-11,14H,3-9H2,1-2H3. The SMILES string of the molecule is CCNC(CC)c1nnc(C2CCCCC2)o1. The van der Waals surface area contributed by atoms with E-state index in [9.17, 15) is 0 Å². The molecule has 0 saturated heterocycles. The molecule has 4 nitrogen and oxygen atoms in total. The van der Waals surface area contributed by atoms with Crippen LogP contribution in [-0.4, -0.2) is 16.7 Å². The molecule has 1 atom stereocenters. The Balaban J connectivity index is 2.03. The Labute approximate surface area is 103 Å². The molecule has 1 saturated carbocycles. The van der Waals surface area contributed by atoms with E-state index in [0.29, 0.717) is 5.92 Å². The van der Waals surface area contributed by atoms with Crippen LogP contribution in [0.25, 0.3) is 0 Å². The van der Waals surface area contributed by atoms with Crippen LogP contribution >= 0.6 is 0 Å². The normalized spacial score (nSPS) is 19.4. The summed E-state index contributed by atoms with van der Waals surface area (Å²) in [6.45, 7) is 5.17. The second-order valence-electron chi connectivity index (χ2n) is 4.83. The maximum absolute atomic E-state index is 5.84. The number of aromatic nitrogens is 2. The summed E-state index contributed by atoms with van der Waals surface area (Å²) in [5.74, 6) is 2.12. The van der Waals surface area contributed by atoms with E-state index in [2.05, 4.69) is 29.4 Å². The van der Waals surface area contributed by atoms with Crippen molar-refractivity contribution in [1.29, 1.82) is 0 Å². The van der Waals surface area contributed by atoms with Gasteiger partial charge in [0.05, 0.1) is 6.04 Å². The van der Waals surface area contributed by atoms with Crippen LogP contribution in [0.1, 0.15) is 76.1 Å². The Morgan fingerprint density at radius 1 is 1.24 bits per heavy atom. The average molecular weight is 237 g/mol. The summed E-state index contributed by atoms with van der Waals surface area (Å²) in [6.07, 6.45) is 7.35. The Bertz CT molecular complexity index is 312. The molecule has 17 heavy (non-hydrogen) atoms. The van der Waals surface area contributed by atoms with Crippen LogP contribution in [0.3, 0.4) is 0 Å². The van der Waals surface area contributed by atoms with E-state index in [4.69, 9.17) is 4.42 Å². The third-order valence-electron chi connectivity index (χ3n) is 3.57. The van der Waals surface area contributed by atoms with Gasteiger partial charge in [0.1, 0.15) is 0 Å². The summed E-state index contributed by atoms with van der Waals surface area (Å²) in [5, 5.41) is 11.8. The van der Waals surface area contributed by atoms with Crippen LogP contribution in [0.15, 0.2) is 4.42 Å². The van der Waals surface area contributed by atoms with E-state index in [1.54, 1.807) is 0 Å². The summed E-state index contributed by atoms with van der Waals surface area (Å²) < 4.78 is 5.84. The minimum absolute atomic E-state index is 0.213. The van der Waals surface area contributed by atoms with E-state index in [1.165, 1.54) is 32.1 Å². The van der Waals surface area contributed by atoms with E-state index in [0.717, 1.165) is 24.7 Å². The lowest BCUT2D eigenvalue weighted by Gasteiger charge is -2.17. The Kier molecular flexibility index (Phi) is 4.54. The van der Waals surface area contributed by atoms with Crippen molar-refractivity contribution in [3.8, 4) is 0 Å². The molecular weight excluding hydrogens is 214 g/mol. The van der Waals surface area contributed by atoms with Gasteiger partial charge >= 0.3 is 0 Å². The number of rotatable bonds is 5. The molecule has 0 radical (unpaired) electrons. The first-order valence-electron chi connectivity index (χ1n) is 6.91. The van der Waals surface area contributed by atoms with Crippen molar-refractivity contribution in [2.75, 3.05) is 6.54 Å². The lowest BCUT2D eigenvalue weighted by atomic mass is 9.89. The number of hydrogen-bond donors (Lipinski definition) is 1. The molecule has 0 bridgehead atoms. The fourth-order valence-electron chi connectivity index (χ4n) is 2.55. The van der Waals surface area contributed by atoms with Gasteiger partial charge < -0.3 is 9.73 Å². The van der Waals surface area contributed by atoms with Gasteiger partial charge in [-0.1, -0.05) is 33.1 Å². The van der Waals surface area contributed by atoms with Crippen molar-refractivity contribution in [1.82, 2.24) is 15.5 Å². The zero-order chi connectivity index (χ0) is 12.1. The van der Waals surface area contributed by atoms with Crippen molar-refractivity contribution >= 4 is 0 Å². The zero-order valence-electron chi connectivity index (χ0n) is 10.9. The van der Waals surface area contributed by atoms with Crippen molar-refractivity contribution < 1.29 is 4.42 Å². The maximum Gasteiger partial charge on any atom is 0.233 e. The first-order chi connectivity index (χ1) is 8.35. The van der Waals surface area contributed by atoms with Crippen molar-refractivity contribution in [2.45, 2.75) is 64.3 Å². The molecule has 2 rings (SSSR count). The van der Waals surface area contributed by atoms with E-state index in [1.807, 2.05) is 0 Å². The summed E-state index contributed by atoms with van der Waals surface area (Å²) in [7, 11) is 0. The van der Waals surface area contributed by atoms with Gasteiger partial charge in [0.15, 0.2) is 0 Å². The van der Waals surface area contributed by atoms with Crippen LogP contribution < -0.4 is 5.32 Å². The molecule has 1 aliphatic carbocycles. The lowest BCUT2D eigenvalue weighted by Crippen LogP contribution is -2.20. The molecule has 1 aromatic heterocycles. The Morgan fingerprint density at radius 2 is 2.00 bits per heavy atom. The maximum atomic E-state index is 5.84. The van der Waals surface area contributed by atoms with E-state index in [-0.39, 0.29) is 6.04 Å². The van der Waals surface area contributed by atoms with Crippen LogP contribution in [0.2, 0.25) is 0 Å². The fourth-order valence-corrected chi connectivity index (χ4v) is 2.55. The molecule has 0 amide bonds. The third kappa shape index (κ3) is 3.06. The molecule has 1 heterocycles. The number of nitrogens with zero attached hydrogens (tertiary/aromatic N) is 2. The highest BCUT2D eigenvalue weighted by molar-refractivity contribution is 4.96. The lowest BCUT2D eigenvalue weighted by molar-refractivity contribution is 0.328. The van der Waals surface area contributed by atoms with Gasteiger partial charge in [0.25, 0.3) is 0 Å². The monoisotopic (exact) mass is 237 g/mol. The van der Waals surface area contributed by atoms with E-state index < -0.39 is 0 Å². The van der Waals surface area contributed by atoms with Gasteiger partial charge in [-0.25, -0.2) is 0 Å². The van der Waals surface area contributed by atoms with Crippen LogP contribution in [0.5, 0.6) is 0 Å². The van der Waals surface area contributed by atoms with Crippen molar-refractivity contribution in [3.63, 3.8) is 0 Å². The second kappa shape index (κ2) is 6.15.